The average Bonchev–Trinajstić information content (AvgIpc) is 1.33. The number of allylic oxidation sites excluding steroid dienone is 6. The number of aliphatic hydroxyl groups excluding tert-OH is 1. The van der Waals surface area contributed by atoms with Crippen molar-refractivity contribution in [2.45, 2.75) is 172 Å². The number of benzene rings is 4. The third-order valence-electron chi connectivity index (χ3n) is 25.0. The molecule has 17 rings (SSSR count). The highest BCUT2D eigenvalue weighted by Gasteiger charge is 2.73. The molecule has 5 fully saturated rings. The number of aliphatic hydroxyl groups is 3. The Kier molecular flexibility index (Phi) is 17.3. The Morgan fingerprint density at radius 2 is 1.69 bits per heavy atom. The molecule has 94 heavy (non-hydrogen) atoms. The molecular formula is C81H97N5O8. The standard InChI is InChI=1S/C81H97N5O8/c1-4-33-83-48-53-38-51-23-34-84-66-21-31-79-30-19-62-67(22-29-78(58-24-35-85-69(44-58)82-3)46-57-43-59(80(92)27-8-9-28-80)16-11-26-77(2,91)49-86-73(64(57)47-78)56(39-51)40-53)93-75(89)71(62)74(79)81-32-20-65(79)70(63-45-60(88)17-18-61(63)54-14-10-15-55(66)42-54)72(81)76(90)94-68(81)41-52(25-36-87)37-50-12-6-5-7-13-50/h5-7,10,12-15,17-18,21-22,31,38-42,45,52,57-59,64-66,69,73-74,82-88,91-92H,4,8-9,19-20,23-30,32-37,43-44,46-49H2,1-3H3. The highest BCUT2D eigenvalue weighted by molar-refractivity contribution is 6.08. The van der Waals surface area contributed by atoms with Crippen LogP contribution in [0.25, 0.3) is 16.7 Å². The quantitative estimate of drug-likeness (QED) is 0.0282. The second kappa shape index (κ2) is 25.5. The van der Waals surface area contributed by atoms with Crippen LogP contribution < -0.4 is 26.6 Å². The Morgan fingerprint density at radius 1 is 0.830 bits per heavy atom. The van der Waals surface area contributed by atoms with E-state index in [0.717, 1.165) is 129 Å². The zero-order valence-electron chi connectivity index (χ0n) is 55.3. The molecule has 14 bridgehead atoms. The normalized spacial score (nSPS) is 34.6. The summed E-state index contributed by atoms with van der Waals surface area (Å²) in [5.74, 6) is 6.96. The molecular weight excluding hydrogens is 1170 g/mol. The second-order valence-corrected chi connectivity index (χ2v) is 30.7. The number of phenolic OH excluding ortho intramolecular Hbond substituents is 1. The molecule has 4 aromatic carbocycles. The topological polar surface area (TPSA) is 194 Å². The summed E-state index contributed by atoms with van der Waals surface area (Å²) in [5, 5.41) is 67.2. The minimum Gasteiger partial charge on any atom is -0.508 e. The Hall–Kier alpha value is -6.44. The first-order valence-corrected chi connectivity index (χ1v) is 35.9. The third kappa shape index (κ3) is 11.3. The number of aromatic hydroxyl groups is 1. The van der Waals surface area contributed by atoms with Crippen LogP contribution in [-0.2, 0) is 38.4 Å². The van der Waals surface area contributed by atoms with E-state index in [4.69, 9.17) is 9.47 Å². The minimum absolute atomic E-state index is 0.0570. The Morgan fingerprint density at radius 3 is 2.52 bits per heavy atom. The molecule has 7 aliphatic carbocycles. The van der Waals surface area contributed by atoms with Crippen LogP contribution in [0.5, 0.6) is 5.75 Å². The number of cyclic esters (lactones) is 1. The monoisotopic (exact) mass is 1270 g/mol. The Labute approximate surface area is 555 Å². The van der Waals surface area contributed by atoms with E-state index >= 15 is 9.59 Å². The number of nitrogens with one attached hydrogen (secondary N) is 5. The highest BCUT2D eigenvalue weighted by Crippen LogP contribution is 2.77. The average molecular weight is 1270 g/mol. The molecule has 9 N–H and O–H groups in total. The molecule has 4 aromatic rings. The van der Waals surface area contributed by atoms with Crippen molar-refractivity contribution in [3.63, 3.8) is 0 Å². The first kappa shape index (κ1) is 63.6. The number of hydrogen-bond acceptors (Lipinski definition) is 13. The van der Waals surface area contributed by atoms with Gasteiger partial charge in [0.2, 0.25) is 0 Å². The molecule has 3 saturated carbocycles. The lowest BCUT2D eigenvalue weighted by Crippen LogP contribution is -2.58. The summed E-state index contributed by atoms with van der Waals surface area (Å²) in [6, 6.07) is 31.5. The van der Waals surface area contributed by atoms with Crippen molar-refractivity contribution < 1.29 is 39.5 Å². The van der Waals surface area contributed by atoms with E-state index in [1.807, 2.05) is 37.3 Å². The highest BCUT2D eigenvalue weighted by atomic mass is 16.6. The van der Waals surface area contributed by atoms with Gasteiger partial charge in [0, 0.05) is 67.1 Å². The predicted octanol–water partition coefficient (Wildman–Crippen LogP) is 12.0. The number of rotatable bonds is 12. The number of carbonyl (C=O) groups is 2. The fourth-order valence-corrected chi connectivity index (χ4v) is 20.7. The molecule has 0 radical (unpaired) electrons. The molecule has 2 saturated heterocycles. The van der Waals surface area contributed by atoms with E-state index in [0.29, 0.717) is 93.0 Å². The maximum atomic E-state index is 16.0. The number of esters is 2. The van der Waals surface area contributed by atoms with Crippen molar-refractivity contribution in [3.8, 4) is 28.7 Å². The van der Waals surface area contributed by atoms with Gasteiger partial charge in [-0.05, 0) is 245 Å². The summed E-state index contributed by atoms with van der Waals surface area (Å²) < 4.78 is 13.9. The van der Waals surface area contributed by atoms with E-state index in [-0.39, 0.29) is 71.6 Å². The number of ether oxygens (including phenoxy) is 2. The van der Waals surface area contributed by atoms with Crippen molar-refractivity contribution in [1.29, 1.82) is 0 Å². The summed E-state index contributed by atoms with van der Waals surface area (Å²) in [7, 11) is 2.05. The molecule has 494 valence electrons. The van der Waals surface area contributed by atoms with Crippen molar-refractivity contribution in [2.75, 3.05) is 39.8 Å². The largest absolute Gasteiger partial charge is 0.508 e. The fourth-order valence-electron chi connectivity index (χ4n) is 20.7. The Balaban J connectivity index is 0.965. The maximum Gasteiger partial charge on any atom is 0.340 e. The lowest BCUT2D eigenvalue weighted by molar-refractivity contribution is -0.135. The first-order valence-electron chi connectivity index (χ1n) is 35.9. The second-order valence-electron chi connectivity index (χ2n) is 30.7. The van der Waals surface area contributed by atoms with Crippen LogP contribution in [0.3, 0.4) is 0 Å². The molecule has 0 aromatic heterocycles. The first-order chi connectivity index (χ1) is 45.6. The van der Waals surface area contributed by atoms with Crippen LogP contribution in [0.15, 0.2) is 144 Å². The lowest BCUT2D eigenvalue weighted by Gasteiger charge is -2.62. The Bertz CT molecular complexity index is 3830. The van der Waals surface area contributed by atoms with Gasteiger partial charge in [0.05, 0.1) is 34.4 Å². The van der Waals surface area contributed by atoms with Gasteiger partial charge in [-0.25, -0.2) is 9.59 Å². The van der Waals surface area contributed by atoms with Crippen molar-refractivity contribution in [2.24, 2.45) is 57.7 Å². The molecule has 14 atom stereocenters. The van der Waals surface area contributed by atoms with Gasteiger partial charge >= 0.3 is 11.9 Å². The van der Waals surface area contributed by atoms with Crippen molar-refractivity contribution in [1.82, 2.24) is 26.6 Å². The summed E-state index contributed by atoms with van der Waals surface area (Å²) >= 11 is 0. The van der Waals surface area contributed by atoms with E-state index in [9.17, 15) is 20.4 Å². The van der Waals surface area contributed by atoms with Gasteiger partial charge < -0.3 is 56.5 Å². The predicted molar refractivity (Wildman–Crippen MR) is 366 cm³/mol. The van der Waals surface area contributed by atoms with E-state index in [1.165, 1.54) is 16.7 Å². The van der Waals surface area contributed by atoms with Crippen LogP contribution in [-0.4, -0.2) is 89.6 Å². The van der Waals surface area contributed by atoms with Gasteiger partial charge in [0.25, 0.3) is 0 Å². The number of piperidine rings is 1. The molecule has 13 heteroatoms. The van der Waals surface area contributed by atoms with E-state index < -0.39 is 33.9 Å². The molecule has 2 spiro atoms. The summed E-state index contributed by atoms with van der Waals surface area (Å²) in [6.45, 7) is 7.56. The van der Waals surface area contributed by atoms with Gasteiger partial charge in [0.1, 0.15) is 17.3 Å². The number of carbonyl (C=O) groups excluding carboxylic acids is 2. The van der Waals surface area contributed by atoms with Gasteiger partial charge in [-0.2, -0.15) is 0 Å². The van der Waals surface area contributed by atoms with Gasteiger partial charge in [-0.15, -0.1) is 0 Å². The number of phenols is 1. The molecule has 14 unspecified atom stereocenters. The number of β-amino-alcohol motifs (C(OH)–C–C–N with tert-alkyl or cyclic N) is 1. The summed E-state index contributed by atoms with van der Waals surface area (Å²) in [5.41, 5.74) is 7.47. The van der Waals surface area contributed by atoms with Crippen LogP contribution in [0.1, 0.15) is 168 Å². The van der Waals surface area contributed by atoms with Crippen LogP contribution >= 0.6 is 0 Å². The third-order valence-corrected chi connectivity index (χ3v) is 25.0. The lowest BCUT2D eigenvalue weighted by atomic mass is 9.38. The van der Waals surface area contributed by atoms with E-state index in [1.54, 1.807) is 6.07 Å². The molecule has 6 aliphatic heterocycles. The van der Waals surface area contributed by atoms with Crippen LogP contribution in [0.4, 0.5) is 0 Å². The SMILES string of the molecule is CCCNCc1cc2cc(c1)C1NCC(C)(O)CC#CC(C3(O)CCCC3)CC3CC(C4CCNC(NC)C4)(CC=C4OC(=O)C5=C4CCC46C=CC(NCC2)c2cccc(c2)-c2ccc(O)cc2C2=C7C(=O)OC(=CC(CCO)Cc8ccccc8)C7(CCC24)C56)CC31. The summed E-state index contributed by atoms with van der Waals surface area (Å²) in [4.78, 5) is 31.8. The van der Waals surface area contributed by atoms with Gasteiger partial charge in [-0.1, -0.05) is 117 Å². The van der Waals surface area contributed by atoms with E-state index in [2.05, 4.69) is 131 Å². The van der Waals surface area contributed by atoms with Gasteiger partial charge in [-0.3, -0.25) is 0 Å². The van der Waals surface area contributed by atoms with Crippen LogP contribution in [0.2, 0.25) is 0 Å². The molecule has 6 heterocycles. The zero-order chi connectivity index (χ0) is 64.6. The van der Waals surface area contributed by atoms with Gasteiger partial charge in [0.15, 0.2) is 0 Å². The maximum absolute atomic E-state index is 16.0. The van der Waals surface area contributed by atoms with Crippen molar-refractivity contribution >= 4 is 17.5 Å². The number of fused-ring (bicyclic) bond motifs is 9. The minimum atomic E-state index is -1.13. The fraction of sp³-hybridized carbons (Fsp3) is 0.531. The summed E-state index contributed by atoms with van der Waals surface area (Å²) in [6.07, 6.45) is 23.6. The van der Waals surface area contributed by atoms with Crippen molar-refractivity contribution in [3.05, 3.63) is 177 Å². The molecule has 13 aliphatic rings. The number of hydrogen-bond donors (Lipinski definition) is 9. The molecule has 13 nitrogen and oxygen atoms in total. The molecule has 0 amide bonds. The zero-order valence-corrected chi connectivity index (χ0v) is 55.3. The smallest absolute Gasteiger partial charge is 0.340 e. The van der Waals surface area contributed by atoms with Crippen LogP contribution in [0, 0.1) is 69.5 Å².